The van der Waals surface area contributed by atoms with Gasteiger partial charge in [-0.2, -0.15) is 0 Å². The van der Waals surface area contributed by atoms with Crippen LogP contribution in [0.5, 0.6) is 5.75 Å². The van der Waals surface area contributed by atoms with E-state index < -0.39 is 18.0 Å². The first kappa shape index (κ1) is 16.1. The summed E-state index contributed by atoms with van der Waals surface area (Å²) < 4.78 is 47.2. The predicted molar refractivity (Wildman–Crippen MR) is 72.9 cm³/mol. The molecule has 2 rings (SSSR count). The molecule has 0 amide bonds. The van der Waals surface area contributed by atoms with Crippen molar-refractivity contribution in [1.29, 1.82) is 0 Å². The van der Waals surface area contributed by atoms with Crippen molar-refractivity contribution in [3.63, 3.8) is 0 Å². The first-order chi connectivity index (χ1) is 9.88. The predicted octanol–water partition coefficient (Wildman–Crippen LogP) is 3.93. The molecule has 0 aromatic heterocycles. The Kier molecular flexibility index (Phi) is 4.78. The molecule has 0 bridgehead atoms. The number of rotatable bonds is 4. The molecule has 1 saturated carbocycles. The number of hydrogen-bond donors (Lipinski definition) is 1. The molecule has 1 unspecified atom stereocenters. The van der Waals surface area contributed by atoms with Crippen LogP contribution >= 0.6 is 0 Å². The molecule has 0 heterocycles. The van der Waals surface area contributed by atoms with Crippen LogP contribution in [0, 0.1) is 0 Å². The average Bonchev–Trinajstić information content (AvgIpc) is 2.46. The Balaban J connectivity index is 2.31. The molecule has 3 nitrogen and oxygen atoms in total. The topological polar surface area (TPSA) is 44.5 Å². The Morgan fingerprint density at radius 2 is 1.76 bits per heavy atom. The maximum atomic E-state index is 12.5. The van der Waals surface area contributed by atoms with Gasteiger partial charge < -0.3 is 15.2 Å². The van der Waals surface area contributed by atoms with Gasteiger partial charge >= 0.3 is 6.36 Å². The Morgan fingerprint density at radius 1 is 1.14 bits per heavy atom. The van der Waals surface area contributed by atoms with Crippen LogP contribution in [0.1, 0.15) is 43.7 Å². The van der Waals surface area contributed by atoms with Gasteiger partial charge in [0, 0.05) is 12.7 Å². The Hall–Kier alpha value is -1.27. The van der Waals surface area contributed by atoms with Gasteiger partial charge in [-0.3, -0.25) is 0 Å². The fourth-order valence-electron chi connectivity index (χ4n) is 3.03. The van der Waals surface area contributed by atoms with E-state index in [2.05, 4.69) is 4.74 Å². The summed E-state index contributed by atoms with van der Waals surface area (Å²) in [5, 5.41) is 0. The Morgan fingerprint density at radius 3 is 2.33 bits per heavy atom. The summed E-state index contributed by atoms with van der Waals surface area (Å²) in [6.07, 6.45) is -0.231. The molecule has 6 heteroatoms. The van der Waals surface area contributed by atoms with Gasteiger partial charge in [0.25, 0.3) is 0 Å². The van der Waals surface area contributed by atoms with Crippen LogP contribution in [0.2, 0.25) is 0 Å². The summed E-state index contributed by atoms with van der Waals surface area (Å²) in [5.41, 5.74) is 5.97. The lowest BCUT2D eigenvalue weighted by atomic mass is 9.77. The third-order valence-corrected chi connectivity index (χ3v) is 4.15. The van der Waals surface area contributed by atoms with E-state index in [1.54, 1.807) is 19.2 Å². The minimum atomic E-state index is -4.73. The van der Waals surface area contributed by atoms with Crippen molar-refractivity contribution in [1.82, 2.24) is 0 Å². The third-order valence-electron chi connectivity index (χ3n) is 4.15. The Bertz CT molecular complexity index is 470. The fraction of sp³-hybridized carbons (Fsp3) is 0.600. The van der Waals surface area contributed by atoms with Crippen LogP contribution in [-0.2, 0) is 4.74 Å². The van der Waals surface area contributed by atoms with Gasteiger partial charge in [0.05, 0.1) is 11.6 Å². The largest absolute Gasteiger partial charge is 0.573 e. The van der Waals surface area contributed by atoms with E-state index in [0.29, 0.717) is 5.56 Å². The maximum Gasteiger partial charge on any atom is 0.573 e. The monoisotopic (exact) mass is 303 g/mol. The zero-order valence-corrected chi connectivity index (χ0v) is 12.0. The van der Waals surface area contributed by atoms with E-state index in [4.69, 9.17) is 10.5 Å². The van der Waals surface area contributed by atoms with Crippen molar-refractivity contribution >= 4 is 0 Å². The minimum Gasteiger partial charge on any atom is -0.405 e. The molecule has 118 valence electrons. The number of para-hydroxylation sites is 1. The quantitative estimate of drug-likeness (QED) is 0.916. The highest BCUT2D eigenvalue weighted by Gasteiger charge is 2.41. The number of hydrogen-bond acceptors (Lipinski definition) is 3. The van der Waals surface area contributed by atoms with Crippen molar-refractivity contribution in [3.8, 4) is 5.75 Å². The summed E-state index contributed by atoms with van der Waals surface area (Å²) in [6, 6.07) is 5.36. The summed E-state index contributed by atoms with van der Waals surface area (Å²) in [4.78, 5) is 0. The highest BCUT2D eigenvalue weighted by atomic mass is 19.4. The van der Waals surface area contributed by atoms with E-state index in [0.717, 1.165) is 32.1 Å². The molecule has 2 N–H and O–H groups in total. The number of methoxy groups -OCH3 is 1. The van der Waals surface area contributed by atoms with Crippen molar-refractivity contribution < 1.29 is 22.6 Å². The highest BCUT2D eigenvalue weighted by Crippen LogP contribution is 2.42. The molecule has 1 atom stereocenters. The molecule has 1 fully saturated rings. The van der Waals surface area contributed by atoms with Gasteiger partial charge in [0.2, 0.25) is 0 Å². The van der Waals surface area contributed by atoms with E-state index in [9.17, 15) is 13.2 Å². The number of halogens is 3. The molecule has 0 aliphatic heterocycles. The molecular weight excluding hydrogens is 283 g/mol. The van der Waals surface area contributed by atoms with Gasteiger partial charge in [0.15, 0.2) is 0 Å². The summed E-state index contributed by atoms with van der Waals surface area (Å²) >= 11 is 0. The summed E-state index contributed by atoms with van der Waals surface area (Å²) in [5.74, 6) is -0.250. The molecule has 1 aromatic rings. The zero-order chi connectivity index (χ0) is 15.5. The minimum absolute atomic E-state index is 0.250. The molecule has 0 saturated heterocycles. The maximum absolute atomic E-state index is 12.5. The van der Waals surface area contributed by atoms with Crippen molar-refractivity contribution in [2.24, 2.45) is 5.73 Å². The number of alkyl halides is 3. The van der Waals surface area contributed by atoms with Crippen LogP contribution in [0.15, 0.2) is 24.3 Å². The van der Waals surface area contributed by atoms with Crippen LogP contribution in [0.3, 0.4) is 0 Å². The molecule has 1 aliphatic rings. The van der Waals surface area contributed by atoms with Crippen molar-refractivity contribution in [2.75, 3.05) is 7.11 Å². The second-order valence-electron chi connectivity index (χ2n) is 5.39. The number of benzene rings is 1. The molecular formula is C15H20F3NO2. The molecule has 0 radical (unpaired) electrons. The van der Waals surface area contributed by atoms with Crippen LogP contribution in [0.4, 0.5) is 13.2 Å². The zero-order valence-electron chi connectivity index (χ0n) is 12.0. The fourth-order valence-corrected chi connectivity index (χ4v) is 3.03. The SMILES string of the molecule is COC1(C(N)c2ccccc2OC(F)(F)F)CCCCC1. The van der Waals surface area contributed by atoms with Crippen LogP contribution < -0.4 is 10.5 Å². The third kappa shape index (κ3) is 3.68. The second kappa shape index (κ2) is 6.23. The smallest absolute Gasteiger partial charge is 0.405 e. The van der Waals surface area contributed by atoms with E-state index in [1.807, 2.05) is 0 Å². The Labute approximate surface area is 122 Å². The van der Waals surface area contributed by atoms with Crippen molar-refractivity contribution in [3.05, 3.63) is 29.8 Å². The van der Waals surface area contributed by atoms with Crippen LogP contribution in [0.25, 0.3) is 0 Å². The lowest BCUT2D eigenvalue weighted by Crippen LogP contribution is -2.44. The van der Waals surface area contributed by atoms with Gasteiger partial charge in [-0.1, -0.05) is 37.5 Å². The summed E-state index contributed by atoms with van der Waals surface area (Å²) in [7, 11) is 1.57. The first-order valence-electron chi connectivity index (χ1n) is 7.03. The van der Waals surface area contributed by atoms with E-state index in [1.165, 1.54) is 12.1 Å². The average molecular weight is 303 g/mol. The van der Waals surface area contributed by atoms with E-state index >= 15 is 0 Å². The standard InChI is InChI=1S/C15H20F3NO2/c1-20-14(9-5-2-6-10-14)13(19)11-7-3-4-8-12(11)21-15(16,17)18/h3-4,7-8,13H,2,5-6,9-10,19H2,1H3. The summed E-state index contributed by atoms with van der Waals surface area (Å²) in [6.45, 7) is 0. The van der Waals surface area contributed by atoms with Gasteiger partial charge in [-0.25, -0.2) is 0 Å². The van der Waals surface area contributed by atoms with Gasteiger partial charge in [-0.15, -0.1) is 13.2 Å². The van der Waals surface area contributed by atoms with Gasteiger partial charge in [0.1, 0.15) is 5.75 Å². The van der Waals surface area contributed by atoms with Gasteiger partial charge in [-0.05, 0) is 18.9 Å². The lowest BCUT2D eigenvalue weighted by Gasteiger charge is -2.41. The first-order valence-corrected chi connectivity index (χ1v) is 7.03. The second-order valence-corrected chi connectivity index (χ2v) is 5.39. The molecule has 21 heavy (non-hydrogen) atoms. The number of ether oxygens (including phenoxy) is 2. The lowest BCUT2D eigenvalue weighted by molar-refractivity contribution is -0.275. The number of nitrogens with two attached hydrogens (primary N) is 1. The van der Waals surface area contributed by atoms with E-state index in [-0.39, 0.29) is 5.75 Å². The molecule has 1 aliphatic carbocycles. The van der Waals surface area contributed by atoms with Crippen molar-refractivity contribution in [2.45, 2.75) is 50.1 Å². The molecule has 0 spiro atoms. The van der Waals surface area contributed by atoms with Crippen LogP contribution in [-0.4, -0.2) is 19.1 Å². The highest BCUT2D eigenvalue weighted by molar-refractivity contribution is 5.37. The normalized spacial score (nSPS) is 20.0. The molecule has 1 aromatic carbocycles.